The molecule has 1 aromatic carbocycles. The van der Waals surface area contributed by atoms with Crippen LogP contribution in [0.3, 0.4) is 0 Å². The van der Waals surface area contributed by atoms with Gasteiger partial charge >= 0.3 is 0 Å². The summed E-state index contributed by atoms with van der Waals surface area (Å²) in [6, 6.07) is 8.22. The molecule has 2 aromatic rings. The molecule has 1 fully saturated rings. The van der Waals surface area contributed by atoms with Crippen LogP contribution >= 0.6 is 0 Å². The molecular weight excluding hydrogens is 264 g/mol. The number of carbonyl (C=O) groups is 1. The van der Waals surface area contributed by atoms with Crippen molar-refractivity contribution in [3.05, 3.63) is 41.3 Å². The van der Waals surface area contributed by atoms with E-state index in [9.17, 15) is 4.79 Å². The first kappa shape index (κ1) is 13.9. The molecule has 21 heavy (non-hydrogen) atoms. The number of aryl methyl sites for hydroxylation is 2. The van der Waals surface area contributed by atoms with Gasteiger partial charge in [-0.2, -0.15) is 0 Å². The van der Waals surface area contributed by atoms with E-state index >= 15 is 0 Å². The summed E-state index contributed by atoms with van der Waals surface area (Å²) in [5.41, 5.74) is 2.47. The number of carbonyl (C=O) groups excluding carboxylic acids is 1. The minimum Gasteiger partial charge on any atom is -0.441 e. The normalized spacial score (nSPS) is 15.3. The average molecular weight is 284 g/mol. The molecule has 4 nitrogen and oxygen atoms in total. The van der Waals surface area contributed by atoms with Gasteiger partial charge in [-0.1, -0.05) is 30.5 Å². The molecule has 0 unspecified atom stereocenters. The number of hydrogen-bond donors (Lipinski definition) is 1. The summed E-state index contributed by atoms with van der Waals surface area (Å²) in [5, 5.41) is 3.05. The van der Waals surface area contributed by atoms with Crippen molar-refractivity contribution in [1.82, 2.24) is 10.3 Å². The first-order chi connectivity index (χ1) is 10.1. The number of rotatable bonds is 3. The number of nitrogens with zero attached hydrogens (tertiary/aromatic N) is 1. The van der Waals surface area contributed by atoms with Crippen molar-refractivity contribution < 1.29 is 9.21 Å². The lowest BCUT2D eigenvalue weighted by molar-refractivity contribution is 0.0932. The second kappa shape index (κ2) is 5.72. The lowest BCUT2D eigenvalue weighted by Crippen LogP contribution is -2.33. The molecule has 110 valence electrons. The van der Waals surface area contributed by atoms with Crippen LogP contribution in [0.15, 0.2) is 28.7 Å². The molecular formula is C17H20N2O2. The highest BCUT2D eigenvalue weighted by molar-refractivity contribution is 5.93. The van der Waals surface area contributed by atoms with Gasteiger partial charge in [0.05, 0.1) is 0 Å². The summed E-state index contributed by atoms with van der Waals surface area (Å²) in [7, 11) is 0. The minimum atomic E-state index is -0.124. The molecule has 1 N–H and O–H groups in total. The van der Waals surface area contributed by atoms with Crippen molar-refractivity contribution in [2.24, 2.45) is 0 Å². The second-order valence-corrected chi connectivity index (χ2v) is 5.74. The van der Waals surface area contributed by atoms with Gasteiger partial charge in [-0.3, -0.25) is 4.79 Å². The van der Waals surface area contributed by atoms with Gasteiger partial charge in [-0.15, -0.1) is 0 Å². The van der Waals surface area contributed by atoms with Gasteiger partial charge in [0, 0.05) is 11.6 Å². The highest BCUT2D eigenvalue weighted by Crippen LogP contribution is 2.23. The zero-order valence-electron chi connectivity index (χ0n) is 12.5. The van der Waals surface area contributed by atoms with Crippen LogP contribution in [0.4, 0.5) is 0 Å². The molecule has 0 radical (unpaired) electrons. The summed E-state index contributed by atoms with van der Waals surface area (Å²) < 4.78 is 5.65. The van der Waals surface area contributed by atoms with Crippen molar-refractivity contribution in [2.75, 3.05) is 0 Å². The summed E-state index contributed by atoms with van der Waals surface area (Å²) in [4.78, 5) is 16.7. The van der Waals surface area contributed by atoms with Crippen LogP contribution in [0, 0.1) is 13.8 Å². The van der Waals surface area contributed by atoms with Gasteiger partial charge in [-0.25, -0.2) is 4.98 Å². The molecule has 1 saturated carbocycles. The lowest BCUT2D eigenvalue weighted by atomic mass is 10.1. The van der Waals surface area contributed by atoms with E-state index in [4.69, 9.17) is 4.42 Å². The van der Waals surface area contributed by atoms with E-state index in [-0.39, 0.29) is 11.9 Å². The van der Waals surface area contributed by atoms with Gasteiger partial charge < -0.3 is 9.73 Å². The van der Waals surface area contributed by atoms with Crippen molar-refractivity contribution in [1.29, 1.82) is 0 Å². The molecule has 1 aliphatic carbocycles. The highest BCUT2D eigenvalue weighted by atomic mass is 16.4. The highest BCUT2D eigenvalue weighted by Gasteiger charge is 2.22. The van der Waals surface area contributed by atoms with Crippen LogP contribution in [0.25, 0.3) is 11.5 Å². The van der Waals surface area contributed by atoms with E-state index in [2.05, 4.69) is 10.3 Å². The molecule has 4 heteroatoms. The SMILES string of the molecule is Cc1ccc(-c2nc(C(=O)NC3CCCC3)c(C)o2)cc1. The Morgan fingerprint density at radius 1 is 1.19 bits per heavy atom. The third-order valence-electron chi connectivity index (χ3n) is 4.00. The first-order valence-corrected chi connectivity index (χ1v) is 7.49. The summed E-state index contributed by atoms with van der Waals surface area (Å²) in [6.07, 6.45) is 4.51. The van der Waals surface area contributed by atoms with Crippen molar-refractivity contribution in [2.45, 2.75) is 45.6 Å². The first-order valence-electron chi connectivity index (χ1n) is 7.49. The Hall–Kier alpha value is -2.10. The topological polar surface area (TPSA) is 55.1 Å². The molecule has 0 saturated heterocycles. The fourth-order valence-corrected chi connectivity index (χ4v) is 2.75. The smallest absolute Gasteiger partial charge is 0.273 e. The van der Waals surface area contributed by atoms with Gasteiger partial charge in [0.15, 0.2) is 5.69 Å². The lowest BCUT2D eigenvalue weighted by Gasteiger charge is -2.10. The van der Waals surface area contributed by atoms with Gasteiger partial charge in [0.2, 0.25) is 5.89 Å². The van der Waals surface area contributed by atoms with E-state index in [1.54, 1.807) is 6.92 Å². The van der Waals surface area contributed by atoms with E-state index < -0.39 is 0 Å². The molecule has 0 spiro atoms. The Labute approximate surface area is 124 Å². The number of hydrogen-bond acceptors (Lipinski definition) is 3. The zero-order chi connectivity index (χ0) is 14.8. The maximum Gasteiger partial charge on any atom is 0.273 e. The maximum absolute atomic E-state index is 12.3. The van der Waals surface area contributed by atoms with E-state index in [1.165, 1.54) is 18.4 Å². The number of nitrogens with one attached hydrogen (secondary N) is 1. The minimum absolute atomic E-state index is 0.124. The van der Waals surface area contributed by atoms with E-state index in [1.807, 2.05) is 31.2 Å². The van der Waals surface area contributed by atoms with Crippen LogP contribution in [-0.4, -0.2) is 16.9 Å². The second-order valence-electron chi connectivity index (χ2n) is 5.74. The Morgan fingerprint density at radius 2 is 1.86 bits per heavy atom. The number of oxazole rings is 1. The van der Waals surface area contributed by atoms with Gasteiger partial charge in [0.25, 0.3) is 5.91 Å². The third-order valence-corrected chi connectivity index (χ3v) is 4.00. The Kier molecular flexibility index (Phi) is 3.78. The molecule has 0 bridgehead atoms. The molecule has 3 rings (SSSR count). The number of benzene rings is 1. The van der Waals surface area contributed by atoms with Crippen molar-refractivity contribution in [3.8, 4) is 11.5 Å². The average Bonchev–Trinajstić information content (AvgIpc) is 3.09. The zero-order valence-corrected chi connectivity index (χ0v) is 12.5. The molecule has 0 atom stereocenters. The van der Waals surface area contributed by atoms with Gasteiger partial charge in [0.1, 0.15) is 5.76 Å². The Morgan fingerprint density at radius 3 is 2.52 bits per heavy atom. The molecule has 1 aromatic heterocycles. The van der Waals surface area contributed by atoms with E-state index in [0.717, 1.165) is 18.4 Å². The maximum atomic E-state index is 12.3. The van der Waals surface area contributed by atoms with E-state index in [0.29, 0.717) is 17.3 Å². The molecule has 1 aliphatic rings. The third kappa shape index (κ3) is 2.99. The number of aromatic nitrogens is 1. The summed E-state index contributed by atoms with van der Waals surface area (Å²) in [6.45, 7) is 3.82. The monoisotopic (exact) mass is 284 g/mol. The Bertz CT molecular complexity index is 637. The van der Waals surface area contributed by atoms with Crippen LogP contribution in [0.1, 0.15) is 47.5 Å². The largest absolute Gasteiger partial charge is 0.441 e. The fraction of sp³-hybridized carbons (Fsp3) is 0.412. The predicted octanol–water partition coefficient (Wildman–Crippen LogP) is 3.63. The quantitative estimate of drug-likeness (QED) is 0.936. The predicted molar refractivity (Wildman–Crippen MR) is 81.1 cm³/mol. The summed E-state index contributed by atoms with van der Waals surface area (Å²) >= 11 is 0. The Balaban J connectivity index is 1.80. The fourth-order valence-electron chi connectivity index (χ4n) is 2.75. The van der Waals surface area contributed by atoms with Gasteiger partial charge in [-0.05, 0) is 38.8 Å². The van der Waals surface area contributed by atoms with Crippen LogP contribution in [-0.2, 0) is 0 Å². The van der Waals surface area contributed by atoms with Crippen LogP contribution < -0.4 is 5.32 Å². The van der Waals surface area contributed by atoms with Crippen LogP contribution in [0.2, 0.25) is 0 Å². The summed E-state index contributed by atoms with van der Waals surface area (Å²) in [5.74, 6) is 0.951. The molecule has 1 heterocycles. The van der Waals surface area contributed by atoms with Crippen LogP contribution in [0.5, 0.6) is 0 Å². The number of amides is 1. The molecule has 0 aliphatic heterocycles. The van der Waals surface area contributed by atoms with Crippen molar-refractivity contribution >= 4 is 5.91 Å². The van der Waals surface area contributed by atoms with Crippen molar-refractivity contribution in [3.63, 3.8) is 0 Å². The standard InChI is InChI=1S/C17H20N2O2/c1-11-7-9-13(10-8-11)17-19-15(12(2)21-17)16(20)18-14-5-3-4-6-14/h7-10,14H,3-6H2,1-2H3,(H,18,20). The molecule has 1 amide bonds.